The van der Waals surface area contributed by atoms with Crippen LogP contribution in [0.1, 0.15) is 12.3 Å². The largest absolute Gasteiger partial charge is 0.491 e. The standard InChI is InChI=1S/C25H29N9O3/c1-35-15-16-36-19-6-4-18(5-7-19)32-11-8-31(9-12-32)10-13-33-23-20(17-27-33)24-28-22(21-3-2-14-37-21)30-34(24)25(26)29-23/h2-7,14,17H,8-13,15-16H2,1H3,(H2,26,29)/i1D3,10D2,15D2,16D2. The van der Waals surface area contributed by atoms with Gasteiger partial charge in [-0.15, -0.1) is 5.10 Å². The van der Waals surface area contributed by atoms with Crippen LogP contribution in [-0.2, 0) is 11.3 Å². The molecule has 0 bridgehead atoms. The molecule has 6 rings (SSSR count). The highest BCUT2D eigenvalue weighted by molar-refractivity contribution is 5.90. The van der Waals surface area contributed by atoms with Gasteiger partial charge in [0.25, 0.3) is 0 Å². The highest BCUT2D eigenvalue weighted by Crippen LogP contribution is 2.24. The molecule has 5 aromatic rings. The van der Waals surface area contributed by atoms with Crippen molar-refractivity contribution in [2.75, 3.05) is 63.5 Å². The zero-order valence-electron chi connectivity index (χ0n) is 28.5. The number of rotatable bonds is 9. The second-order valence-corrected chi connectivity index (χ2v) is 8.19. The van der Waals surface area contributed by atoms with Crippen molar-refractivity contribution in [2.24, 2.45) is 0 Å². The fourth-order valence-corrected chi connectivity index (χ4v) is 4.20. The zero-order chi connectivity index (χ0) is 33.1. The van der Waals surface area contributed by atoms with Crippen LogP contribution in [0.25, 0.3) is 28.3 Å². The summed E-state index contributed by atoms with van der Waals surface area (Å²) < 4.78 is 87.7. The Hall–Kier alpha value is -4.16. The van der Waals surface area contributed by atoms with Gasteiger partial charge in [-0.05, 0) is 36.4 Å². The molecule has 0 amide bonds. The quantitative estimate of drug-likeness (QED) is 0.314. The Labute approximate surface area is 225 Å². The molecule has 1 aromatic carbocycles. The molecule has 12 heteroatoms. The van der Waals surface area contributed by atoms with Crippen molar-refractivity contribution in [3.05, 3.63) is 48.9 Å². The van der Waals surface area contributed by atoms with Crippen LogP contribution in [0.2, 0.25) is 0 Å². The summed E-state index contributed by atoms with van der Waals surface area (Å²) in [5.74, 6) is 0.842. The average Bonchev–Trinajstić information content (AvgIpc) is 3.73. The molecule has 1 saturated heterocycles. The van der Waals surface area contributed by atoms with Crippen molar-refractivity contribution in [3.63, 3.8) is 0 Å². The molecule has 0 unspecified atom stereocenters. The first-order valence-corrected chi connectivity index (χ1v) is 11.4. The van der Waals surface area contributed by atoms with Gasteiger partial charge in [0.1, 0.15) is 12.3 Å². The maximum atomic E-state index is 8.85. The van der Waals surface area contributed by atoms with Crippen molar-refractivity contribution in [2.45, 2.75) is 6.54 Å². The van der Waals surface area contributed by atoms with Gasteiger partial charge in [-0.3, -0.25) is 4.90 Å². The number of furan rings is 1. The van der Waals surface area contributed by atoms with E-state index in [1.807, 2.05) is 4.90 Å². The van der Waals surface area contributed by atoms with E-state index in [4.69, 9.17) is 27.2 Å². The van der Waals surface area contributed by atoms with Gasteiger partial charge in [-0.1, -0.05) is 0 Å². The lowest BCUT2D eigenvalue weighted by Crippen LogP contribution is -2.47. The van der Waals surface area contributed by atoms with E-state index in [-0.39, 0.29) is 18.2 Å². The van der Waals surface area contributed by atoms with Gasteiger partial charge in [0.15, 0.2) is 17.1 Å². The van der Waals surface area contributed by atoms with E-state index in [1.54, 1.807) is 35.4 Å². The van der Waals surface area contributed by atoms with E-state index in [0.29, 0.717) is 54.4 Å². The third kappa shape index (κ3) is 4.68. The number of hydrogen-bond donors (Lipinski definition) is 1. The summed E-state index contributed by atoms with van der Waals surface area (Å²) in [7, 11) is -3.16. The fraction of sp³-hybridized carbons (Fsp3) is 0.360. The number of nitrogen functional groups attached to an aromatic ring is 1. The highest BCUT2D eigenvalue weighted by atomic mass is 16.5. The predicted octanol–water partition coefficient (Wildman–Crippen LogP) is 2.16. The molecule has 192 valence electrons. The number of nitrogens with zero attached hydrogens (tertiary/aromatic N) is 8. The van der Waals surface area contributed by atoms with Crippen LogP contribution in [0.15, 0.2) is 53.3 Å². The molecule has 12 nitrogen and oxygen atoms in total. The van der Waals surface area contributed by atoms with E-state index in [1.165, 1.54) is 27.6 Å². The van der Waals surface area contributed by atoms with Crippen molar-refractivity contribution in [1.82, 2.24) is 34.3 Å². The lowest BCUT2D eigenvalue weighted by Gasteiger charge is -2.36. The third-order valence-electron chi connectivity index (χ3n) is 6.03. The van der Waals surface area contributed by atoms with Crippen molar-refractivity contribution in [3.8, 4) is 17.3 Å². The normalized spacial score (nSPS) is 19.8. The minimum absolute atomic E-state index is 0.0250. The Kier molecular flexibility index (Phi) is 4.13. The third-order valence-corrected chi connectivity index (χ3v) is 6.03. The predicted molar refractivity (Wildman–Crippen MR) is 139 cm³/mol. The first kappa shape index (κ1) is 15.2. The molecule has 0 aliphatic carbocycles. The van der Waals surface area contributed by atoms with Gasteiger partial charge in [-0.2, -0.15) is 14.6 Å². The molecule has 1 fully saturated rings. The number of aryl methyl sites for hydroxylation is 1. The lowest BCUT2D eigenvalue weighted by molar-refractivity contribution is 0.146. The second kappa shape index (κ2) is 10.1. The van der Waals surface area contributed by atoms with Gasteiger partial charge in [-0.25, -0.2) is 9.67 Å². The van der Waals surface area contributed by atoms with Gasteiger partial charge >= 0.3 is 0 Å². The lowest BCUT2D eigenvalue weighted by atomic mass is 10.2. The molecular formula is C25H29N9O3. The summed E-state index contributed by atoms with van der Waals surface area (Å²) >= 11 is 0. The molecule has 1 aliphatic heterocycles. The van der Waals surface area contributed by atoms with Crippen molar-refractivity contribution < 1.29 is 26.2 Å². The van der Waals surface area contributed by atoms with Gasteiger partial charge in [0.05, 0.1) is 40.5 Å². The molecule has 4 aromatic heterocycles. The number of benzene rings is 1. The number of hydrogen-bond acceptors (Lipinski definition) is 10. The molecule has 1 aliphatic rings. The van der Waals surface area contributed by atoms with Crippen LogP contribution in [0.4, 0.5) is 11.6 Å². The summed E-state index contributed by atoms with van der Waals surface area (Å²) in [6, 6.07) is 9.64. The highest BCUT2D eigenvalue weighted by Gasteiger charge is 2.20. The second-order valence-electron chi connectivity index (χ2n) is 8.19. The van der Waals surface area contributed by atoms with E-state index in [2.05, 4.69) is 24.9 Å². The molecular weight excluding hydrogens is 474 g/mol. The molecule has 0 atom stereocenters. The molecule has 37 heavy (non-hydrogen) atoms. The van der Waals surface area contributed by atoms with Gasteiger partial charge in [0, 0.05) is 48.1 Å². The topological polar surface area (TPSA) is 125 Å². The maximum Gasteiger partial charge on any atom is 0.225 e. The Morgan fingerprint density at radius 1 is 1.08 bits per heavy atom. The monoisotopic (exact) mass is 512 g/mol. The van der Waals surface area contributed by atoms with E-state index >= 15 is 0 Å². The van der Waals surface area contributed by atoms with Crippen LogP contribution in [0.3, 0.4) is 0 Å². The summed E-state index contributed by atoms with van der Waals surface area (Å²) in [4.78, 5) is 12.7. The first-order valence-electron chi connectivity index (χ1n) is 15.9. The Morgan fingerprint density at radius 3 is 2.73 bits per heavy atom. The zero-order valence-corrected chi connectivity index (χ0v) is 19.5. The van der Waals surface area contributed by atoms with Crippen LogP contribution in [-0.4, -0.2) is 87.1 Å². The molecule has 2 N–H and O–H groups in total. The number of ether oxygens (including phenoxy) is 2. The minimum atomic E-state index is -3.25. The van der Waals surface area contributed by atoms with Gasteiger partial charge in [0.2, 0.25) is 11.8 Å². The van der Waals surface area contributed by atoms with Gasteiger partial charge < -0.3 is 24.5 Å². The van der Waals surface area contributed by atoms with E-state index < -0.39 is 26.7 Å². The molecule has 0 radical (unpaired) electrons. The molecule has 0 saturated carbocycles. The number of anilines is 2. The Balaban J connectivity index is 1.10. The molecule has 5 heterocycles. The van der Waals surface area contributed by atoms with Crippen LogP contribution in [0.5, 0.6) is 5.75 Å². The SMILES string of the molecule is [2H]C([2H])([2H])OC([2H])([2H])C([2H])([2H])Oc1ccc(N2CCN(C([2H])([2H])Cn3ncc4c3nc(N)n3nc(-c5ccco5)nc43)CC2)cc1. The number of nitrogens with two attached hydrogens (primary N) is 1. The number of methoxy groups -OCH3 is 1. The van der Waals surface area contributed by atoms with Crippen molar-refractivity contribution >= 4 is 28.3 Å². The number of aromatic nitrogens is 6. The van der Waals surface area contributed by atoms with Crippen molar-refractivity contribution in [1.29, 1.82) is 0 Å². The summed E-state index contributed by atoms with van der Waals surface area (Å²) in [6.07, 6.45) is 3.07. The van der Waals surface area contributed by atoms with Crippen LogP contribution < -0.4 is 15.4 Å². The minimum Gasteiger partial charge on any atom is -0.491 e. The summed E-state index contributed by atoms with van der Waals surface area (Å²) in [5.41, 5.74) is 7.73. The number of piperazine rings is 1. The first-order chi connectivity index (χ1) is 21.5. The smallest absolute Gasteiger partial charge is 0.225 e. The van der Waals surface area contributed by atoms with E-state index in [0.717, 1.165) is 5.69 Å². The summed E-state index contributed by atoms with van der Waals surface area (Å²) in [6.45, 7) is -6.51. The summed E-state index contributed by atoms with van der Waals surface area (Å²) in [5, 5.41) is 9.32. The van der Waals surface area contributed by atoms with E-state index in [9.17, 15) is 0 Å². The maximum absolute atomic E-state index is 8.85. The number of fused-ring (bicyclic) bond motifs is 3. The average molecular weight is 513 g/mol. The Bertz CT molecular complexity index is 1830. The van der Waals surface area contributed by atoms with Crippen LogP contribution >= 0.6 is 0 Å². The fourth-order valence-electron chi connectivity index (χ4n) is 4.20. The van der Waals surface area contributed by atoms with Crippen LogP contribution in [0, 0.1) is 0 Å². The Morgan fingerprint density at radius 2 is 1.95 bits per heavy atom. The molecule has 0 spiro atoms.